The highest BCUT2D eigenvalue weighted by Gasteiger charge is 2.27. The van der Waals surface area contributed by atoms with Crippen LogP contribution in [0.1, 0.15) is 42.5 Å². The Labute approximate surface area is 203 Å². The van der Waals surface area contributed by atoms with Crippen molar-refractivity contribution in [2.75, 3.05) is 13.1 Å². The van der Waals surface area contributed by atoms with Gasteiger partial charge in [-0.05, 0) is 24.0 Å². The van der Waals surface area contributed by atoms with Crippen LogP contribution >= 0.6 is 0 Å². The topological polar surface area (TPSA) is 145 Å². The summed E-state index contributed by atoms with van der Waals surface area (Å²) in [4.78, 5) is 48.7. The van der Waals surface area contributed by atoms with E-state index >= 15 is 0 Å². The molecular formula is C26H29N3O6. The van der Waals surface area contributed by atoms with Crippen molar-refractivity contribution in [1.82, 2.24) is 16.0 Å². The highest BCUT2D eigenvalue weighted by molar-refractivity contribution is 6.19. The number of carbonyl (C=O) groups is 4. The molecule has 9 nitrogen and oxygen atoms in total. The number of carboxylic acids is 1. The minimum Gasteiger partial charge on any atom is -0.494 e. The van der Waals surface area contributed by atoms with Gasteiger partial charge in [-0.15, -0.1) is 0 Å². The molecule has 0 spiro atoms. The molecule has 1 aliphatic rings. The molecule has 5 N–H and O–H groups in total. The largest absolute Gasteiger partial charge is 0.494 e. The molecule has 2 aromatic carbocycles. The van der Waals surface area contributed by atoms with Crippen molar-refractivity contribution in [1.29, 1.82) is 0 Å². The van der Waals surface area contributed by atoms with Gasteiger partial charge in [0, 0.05) is 11.6 Å². The zero-order chi connectivity index (χ0) is 25.2. The number of amides is 2. The van der Waals surface area contributed by atoms with Gasteiger partial charge in [0.1, 0.15) is 6.54 Å². The fourth-order valence-corrected chi connectivity index (χ4v) is 3.90. The molecule has 184 valence electrons. The molecule has 0 unspecified atom stereocenters. The van der Waals surface area contributed by atoms with Crippen molar-refractivity contribution in [2.45, 2.75) is 38.1 Å². The molecule has 1 fully saturated rings. The maximum absolute atomic E-state index is 12.8. The Balaban J connectivity index is 1.69. The maximum atomic E-state index is 12.8. The van der Waals surface area contributed by atoms with Gasteiger partial charge in [-0.1, -0.05) is 73.9 Å². The number of Topliss-reactive ketones (excluding diaryl/α,β-unsaturated/α-hetero) is 1. The Morgan fingerprint density at radius 1 is 0.743 bits per heavy atom. The van der Waals surface area contributed by atoms with Crippen LogP contribution in [0.15, 0.2) is 66.1 Å². The smallest absolute Gasteiger partial charge is 0.322 e. The number of hydrogen-bond acceptors (Lipinski definition) is 6. The summed E-state index contributed by atoms with van der Waals surface area (Å²) in [6, 6.07) is 16.4. The van der Waals surface area contributed by atoms with E-state index in [1.807, 2.05) is 30.3 Å². The van der Waals surface area contributed by atoms with Crippen LogP contribution in [0.5, 0.6) is 0 Å². The summed E-state index contributed by atoms with van der Waals surface area (Å²) in [6.07, 6.45) is 4.45. The van der Waals surface area contributed by atoms with E-state index in [1.165, 1.54) is 0 Å². The number of aliphatic hydroxyl groups is 1. The maximum Gasteiger partial charge on any atom is 0.322 e. The van der Waals surface area contributed by atoms with E-state index < -0.39 is 35.8 Å². The van der Waals surface area contributed by atoms with Gasteiger partial charge in [-0.3, -0.25) is 19.2 Å². The third-order valence-corrected chi connectivity index (χ3v) is 5.76. The lowest BCUT2D eigenvalue weighted by Crippen LogP contribution is -2.43. The van der Waals surface area contributed by atoms with Crippen LogP contribution in [0.4, 0.5) is 0 Å². The van der Waals surface area contributed by atoms with Crippen molar-refractivity contribution in [3.63, 3.8) is 0 Å². The van der Waals surface area contributed by atoms with Crippen molar-refractivity contribution >= 4 is 23.6 Å². The first-order valence-corrected chi connectivity index (χ1v) is 11.5. The van der Waals surface area contributed by atoms with Gasteiger partial charge < -0.3 is 26.2 Å². The van der Waals surface area contributed by atoms with E-state index in [-0.39, 0.29) is 18.4 Å². The Morgan fingerprint density at radius 2 is 1.37 bits per heavy atom. The second kappa shape index (κ2) is 12.4. The summed E-state index contributed by atoms with van der Waals surface area (Å²) < 4.78 is 0. The van der Waals surface area contributed by atoms with Crippen LogP contribution < -0.4 is 16.0 Å². The van der Waals surface area contributed by atoms with Crippen LogP contribution in [0.2, 0.25) is 0 Å². The molecule has 0 radical (unpaired) electrons. The third kappa shape index (κ3) is 7.43. The lowest BCUT2D eigenvalue weighted by molar-refractivity contribution is -0.138. The second-order valence-corrected chi connectivity index (χ2v) is 8.33. The standard InChI is InChI=1S/C26H29N3O6/c30-21(19-13-11-18(12-14-19)17-7-3-1-4-8-17)15-27-24(33)23(25(34)28-16-22(31)32)26(35)29-20-9-5-2-6-10-20/h1,3-4,7-8,11-14,20,27,33H,2,5-6,9-10,15-16H2,(H,28,34)(H,29,35)(H,31,32). The van der Waals surface area contributed by atoms with Crippen molar-refractivity contribution < 1.29 is 29.4 Å². The highest BCUT2D eigenvalue weighted by Crippen LogP contribution is 2.20. The molecule has 2 aromatic rings. The molecule has 0 aliphatic heterocycles. The summed E-state index contributed by atoms with van der Waals surface area (Å²) in [5.41, 5.74) is 1.67. The number of nitrogens with one attached hydrogen (secondary N) is 3. The van der Waals surface area contributed by atoms with Crippen molar-refractivity contribution in [2.24, 2.45) is 0 Å². The number of hydrogen-bond donors (Lipinski definition) is 5. The van der Waals surface area contributed by atoms with Gasteiger partial charge in [0.2, 0.25) is 5.88 Å². The lowest BCUT2D eigenvalue weighted by atomic mass is 9.95. The number of aliphatic hydroxyl groups excluding tert-OH is 1. The van der Waals surface area contributed by atoms with E-state index in [0.29, 0.717) is 5.56 Å². The van der Waals surface area contributed by atoms with Gasteiger partial charge in [-0.25, -0.2) is 0 Å². The first-order valence-electron chi connectivity index (χ1n) is 11.5. The van der Waals surface area contributed by atoms with E-state index in [9.17, 15) is 24.3 Å². The molecule has 3 rings (SSSR count). The molecule has 35 heavy (non-hydrogen) atoms. The van der Waals surface area contributed by atoms with Crippen LogP contribution in [-0.2, 0) is 14.4 Å². The summed E-state index contributed by atoms with van der Waals surface area (Å²) in [5.74, 6) is -4.34. The van der Waals surface area contributed by atoms with Gasteiger partial charge in [0.25, 0.3) is 11.8 Å². The first kappa shape index (κ1) is 25.5. The minimum absolute atomic E-state index is 0.143. The highest BCUT2D eigenvalue weighted by atomic mass is 16.4. The van der Waals surface area contributed by atoms with Gasteiger partial charge in [0.15, 0.2) is 11.4 Å². The molecule has 0 bridgehead atoms. The van der Waals surface area contributed by atoms with Crippen LogP contribution in [0.25, 0.3) is 11.1 Å². The molecule has 2 amide bonds. The fourth-order valence-electron chi connectivity index (χ4n) is 3.90. The molecular weight excluding hydrogens is 450 g/mol. The van der Waals surface area contributed by atoms with Crippen LogP contribution in [-0.4, -0.2) is 52.9 Å². The number of carbonyl (C=O) groups excluding carboxylic acids is 3. The first-order chi connectivity index (χ1) is 16.8. The number of carboxylic acid groups (broad SMARTS) is 1. The Bertz CT molecular complexity index is 1090. The Morgan fingerprint density at radius 3 is 2.00 bits per heavy atom. The quantitative estimate of drug-likeness (QED) is 0.116. The second-order valence-electron chi connectivity index (χ2n) is 8.33. The van der Waals surface area contributed by atoms with E-state index in [4.69, 9.17) is 5.11 Å². The van der Waals surface area contributed by atoms with E-state index in [1.54, 1.807) is 24.3 Å². The SMILES string of the molecule is O=C(O)CNC(=O)C(C(=O)NC1CCCCC1)=C(O)NCC(=O)c1ccc(-c2ccccc2)cc1. The molecule has 0 saturated heterocycles. The average molecular weight is 480 g/mol. The van der Waals surface area contributed by atoms with E-state index in [2.05, 4.69) is 16.0 Å². The van der Waals surface area contributed by atoms with Gasteiger partial charge >= 0.3 is 5.97 Å². The normalized spacial score (nSPS) is 14.4. The monoisotopic (exact) mass is 479 g/mol. The van der Waals surface area contributed by atoms with Gasteiger partial charge in [-0.2, -0.15) is 0 Å². The average Bonchev–Trinajstić information content (AvgIpc) is 2.87. The molecule has 1 saturated carbocycles. The Hall–Kier alpha value is -4.14. The zero-order valence-electron chi connectivity index (χ0n) is 19.3. The minimum atomic E-state index is -1.30. The number of ketones is 1. The molecule has 1 aliphatic carbocycles. The summed E-state index contributed by atoms with van der Waals surface area (Å²) >= 11 is 0. The third-order valence-electron chi connectivity index (χ3n) is 5.76. The van der Waals surface area contributed by atoms with Gasteiger partial charge in [0.05, 0.1) is 6.54 Å². The number of aliphatic carboxylic acids is 1. The molecule has 9 heteroatoms. The summed E-state index contributed by atoms with van der Waals surface area (Å²) in [7, 11) is 0. The molecule has 0 atom stereocenters. The number of benzene rings is 2. The molecule has 0 aromatic heterocycles. The van der Waals surface area contributed by atoms with Crippen LogP contribution in [0, 0.1) is 0 Å². The lowest BCUT2D eigenvalue weighted by Gasteiger charge is -2.23. The van der Waals surface area contributed by atoms with Crippen LogP contribution in [0.3, 0.4) is 0 Å². The van der Waals surface area contributed by atoms with Crippen molar-refractivity contribution in [3.05, 3.63) is 71.6 Å². The summed E-state index contributed by atoms with van der Waals surface area (Å²) in [6.45, 7) is -1.10. The van der Waals surface area contributed by atoms with E-state index in [0.717, 1.165) is 43.2 Å². The predicted molar refractivity (Wildman–Crippen MR) is 130 cm³/mol. The summed E-state index contributed by atoms with van der Waals surface area (Å²) in [5, 5.41) is 26.5. The zero-order valence-corrected chi connectivity index (χ0v) is 19.3. The predicted octanol–water partition coefficient (Wildman–Crippen LogP) is 2.55. The number of rotatable bonds is 10. The molecule has 0 heterocycles. The van der Waals surface area contributed by atoms with Crippen molar-refractivity contribution in [3.8, 4) is 11.1 Å². The Kier molecular flexibility index (Phi) is 9.00. The fraction of sp³-hybridized carbons (Fsp3) is 0.308.